The lowest BCUT2D eigenvalue weighted by molar-refractivity contribution is -0.145. The second kappa shape index (κ2) is 6.25. The number of likely N-dealkylation sites (tertiary alicyclic amines) is 1. The van der Waals surface area contributed by atoms with Gasteiger partial charge in [-0.15, -0.1) is 0 Å². The highest BCUT2D eigenvalue weighted by Gasteiger charge is 2.48. The number of aliphatic hydroxyl groups is 1. The number of carbonyl (C=O) groups is 1. The third-order valence-corrected chi connectivity index (χ3v) is 5.37. The van der Waals surface area contributed by atoms with Crippen molar-refractivity contribution < 1.29 is 14.3 Å². The van der Waals surface area contributed by atoms with Gasteiger partial charge >= 0.3 is 0 Å². The zero-order valence-electron chi connectivity index (χ0n) is 14.4. The Kier molecular flexibility index (Phi) is 4.07. The Balaban J connectivity index is 1.62. The van der Waals surface area contributed by atoms with Crippen LogP contribution in [0.1, 0.15) is 32.1 Å². The molecule has 2 aliphatic rings. The van der Waals surface area contributed by atoms with E-state index in [4.69, 9.17) is 4.42 Å². The van der Waals surface area contributed by atoms with Crippen molar-refractivity contribution in [2.24, 2.45) is 5.41 Å². The number of aromatic nitrogens is 3. The van der Waals surface area contributed by atoms with Gasteiger partial charge in [0.15, 0.2) is 17.2 Å². The predicted octanol–water partition coefficient (Wildman–Crippen LogP) is 0.991. The molecule has 4 heterocycles. The van der Waals surface area contributed by atoms with E-state index in [1.54, 1.807) is 4.90 Å². The molecule has 0 aliphatic carbocycles. The Hall–Kier alpha value is -2.22. The fourth-order valence-electron chi connectivity index (χ4n) is 4.09. The lowest BCUT2D eigenvalue weighted by Gasteiger charge is -2.39. The van der Waals surface area contributed by atoms with E-state index >= 15 is 0 Å². The molecular weight excluding hydrogens is 322 g/mol. The molecule has 0 bridgehead atoms. The van der Waals surface area contributed by atoms with Crippen molar-refractivity contribution in [1.82, 2.24) is 19.9 Å². The first-order valence-corrected chi connectivity index (χ1v) is 8.92. The van der Waals surface area contributed by atoms with Gasteiger partial charge in [0.2, 0.25) is 5.91 Å². The van der Waals surface area contributed by atoms with Crippen LogP contribution in [0.25, 0.3) is 11.2 Å². The summed E-state index contributed by atoms with van der Waals surface area (Å²) in [5.41, 5.74) is 0.800. The molecule has 0 radical (unpaired) electrons. The van der Waals surface area contributed by atoms with Gasteiger partial charge in [0.25, 0.3) is 5.71 Å². The third kappa shape index (κ3) is 2.64. The minimum Gasteiger partial charge on any atom is -0.422 e. The second-order valence-corrected chi connectivity index (χ2v) is 6.88. The smallest absolute Gasteiger partial charge is 0.252 e. The number of oxazole rings is 1. The summed E-state index contributed by atoms with van der Waals surface area (Å²) in [6.07, 6.45) is 4.86. The molecule has 8 heteroatoms. The molecule has 2 aromatic heterocycles. The van der Waals surface area contributed by atoms with Gasteiger partial charge in [0.05, 0.1) is 12.0 Å². The molecule has 0 aromatic carbocycles. The standard InChI is InChI=1S/C17H23N5O3/c1-2-12-20-13-14(18-11-19-15(13)25-12)22-7-5-17(10-22)4-3-6-21(8-9-23)16(17)24/h11,23H,2-10H2,1H3/t17-/m0/s1. The molecule has 1 amide bonds. The zero-order chi connectivity index (χ0) is 17.4. The molecule has 25 heavy (non-hydrogen) atoms. The summed E-state index contributed by atoms with van der Waals surface area (Å²) < 4.78 is 5.63. The van der Waals surface area contributed by atoms with Crippen LogP contribution in [0.2, 0.25) is 0 Å². The van der Waals surface area contributed by atoms with Crippen LogP contribution in [-0.2, 0) is 11.2 Å². The number of anilines is 1. The monoisotopic (exact) mass is 345 g/mol. The highest BCUT2D eigenvalue weighted by molar-refractivity contribution is 5.87. The van der Waals surface area contributed by atoms with Crippen LogP contribution in [-0.4, -0.2) is 63.7 Å². The molecule has 2 saturated heterocycles. The Labute approximate surface area is 145 Å². The Bertz CT molecular complexity index is 790. The van der Waals surface area contributed by atoms with Gasteiger partial charge in [0, 0.05) is 32.6 Å². The molecule has 2 aliphatic heterocycles. The number of nitrogens with zero attached hydrogens (tertiary/aromatic N) is 5. The Morgan fingerprint density at radius 2 is 2.20 bits per heavy atom. The largest absolute Gasteiger partial charge is 0.422 e. The molecule has 1 spiro atoms. The third-order valence-electron chi connectivity index (χ3n) is 5.37. The predicted molar refractivity (Wildman–Crippen MR) is 91.1 cm³/mol. The summed E-state index contributed by atoms with van der Waals surface area (Å²) in [5, 5.41) is 9.20. The number of β-amino-alcohol motifs (C(OH)–C–C–N with tert-alkyl or cyclic N) is 1. The summed E-state index contributed by atoms with van der Waals surface area (Å²) in [5.74, 6) is 1.56. The zero-order valence-corrected chi connectivity index (χ0v) is 14.4. The molecule has 1 N–H and O–H groups in total. The number of hydrogen-bond donors (Lipinski definition) is 1. The maximum Gasteiger partial charge on any atom is 0.252 e. The van der Waals surface area contributed by atoms with E-state index in [9.17, 15) is 9.90 Å². The van der Waals surface area contributed by atoms with Gasteiger partial charge in [-0.2, -0.15) is 4.98 Å². The quantitative estimate of drug-likeness (QED) is 0.883. The minimum atomic E-state index is -0.373. The van der Waals surface area contributed by atoms with E-state index in [2.05, 4.69) is 19.9 Å². The molecule has 4 rings (SSSR count). The number of carbonyl (C=O) groups excluding carboxylic acids is 1. The van der Waals surface area contributed by atoms with Gasteiger partial charge in [-0.05, 0) is 19.3 Å². The van der Waals surface area contributed by atoms with Crippen LogP contribution in [0.4, 0.5) is 5.82 Å². The summed E-state index contributed by atoms with van der Waals surface area (Å²) in [4.78, 5) is 30.0. The van der Waals surface area contributed by atoms with Crippen molar-refractivity contribution in [3.63, 3.8) is 0 Å². The normalized spacial score (nSPS) is 24.0. The van der Waals surface area contributed by atoms with Crippen molar-refractivity contribution >= 4 is 23.0 Å². The van der Waals surface area contributed by atoms with Crippen LogP contribution in [0.3, 0.4) is 0 Å². The molecular formula is C17H23N5O3. The summed E-state index contributed by atoms with van der Waals surface area (Å²) in [7, 11) is 0. The number of hydrogen-bond acceptors (Lipinski definition) is 7. The van der Waals surface area contributed by atoms with Gasteiger partial charge in [0.1, 0.15) is 6.33 Å². The second-order valence-electron chi connectivity index (χ2n) is 6.88. The van der Waals surface area contributed by atoms with E-state index in [1.807, 2.05) is 6.92 Å². The molecule has 134 valence electrons. The fraction of sp³-hybridized carbons (Fsp3) is 0.647. The average Bonchev–Trinajstić information content (AvgIpc) is 3.24. The molecule has 0 saturated carbocycles. The highest BCUT2D eigenvalue weighted by Crippen LogP contribution is 2.42. The maximum absolute atomic E-state index is 13.0. The van der Waals surface area contributed by atoms with Gasteiger partial charge < -0.3 is 19.3 Å². The number of fused-ring (bicyclic) bond motifs is 1. The first kappa shape index (κ1) is 16.3. The van der Waals surface area contributed by atoms with Crippen LogP contribution >= 0.6 is 0 Å². The van der Waals surface area contributed by atoms with Crippen molar-refractivity contribution in [1.29, 1.82) is 0 Å². The van der Waals surface area contributed by atoms with E-state index < -0.39 is 0 Å². The van der Waals surface area contributed by atoms with Crippen molar-refractivity contribution in [2.75, 3.05) is 37.7 Å². The van der Waals surface area contributed by atoms with E-state index in [0.717, 1.165) is 38.2 Å². The fourth-order valence-corrected chi connectivity index (χ4v) is 4.09. The summed E-state index contributed by atoms with van der Waals surface area (Å²) in [6.45, 7) is 4.55. The number of piperidine rings is 1. The molecule has 2 aromatic rings. The first-order valence-electron chi connectivity index (χ1n) is 8.92. The van der Waals surface area contributed by atoms with Crippen molar-refractivity contribution in [3.8, 4) is 0 Å². The number of aliphatic hydroxyl groups excluding tert-OH is 1. The lowest BCUT2D eigenvalue weighted by atomic mass is 9.78. The van der Waals surface area contributed by atoms with Crippen LogP contribution in [0.15, 0.2) is 10.7 Å². The topological polar surface area (TPSA) is 95.6 Å². The van der Waals surface area contributed by atoms with Crippen molar-refractivity contribution in [3.05, 3.63) is 12.2 Å². The Morgan fingerprint density at radius 3 is 3.00 bits per heavy atom. The Morgan fingerprint density at radius 1 is 1.32 bits per heavy atom. The van der Waals surface area contributed by atoms with Crippen LogP contribution in [0, 0.1) is 5.41 Å². The molecule has 8 nitrogen and oxygen atoms in total. The maximum atomic E-state index is 13.0. The lowest BCUT2D eigenvalue weighted by Crippen LogP contribution is -2.50. The van der Waals surface area contributed by atoms with E-state index in [0.29, 0.717) is 36.6 Å². The molecule has 2 fully saturated rings. The van der Waals surface area contributed by atoms with E-state index in [-0.39, 0.29) is 17.9 Å². The number of aryl methyl sites for hydroxylation is 1. The first-order chi connectivity index (χ1) is 12.2. The van der Waals surface area contributed by atoms with E-state index in [1.165, 1.54) is 6.33 Å². The van der Waals surface area contributed by atoms with Gasteiger partial charge in [-0.1, -0.05) is 6.92 Å². The minimum absolute atomic E-state index is 0.0107. The number of amides is 1. The van der Waals surface area contributed by atoms with Crippen LogP contribution < -0.4 is 4.90 Å². The SMILES string of the molecule is CCc1nc2c(N3CC[C@@]4(CCCN(CCO)C4=O)C3)ncnc2o1. The molecule has 0 unspecified atom stereocenters. The van der Waals surface area contributed by atoms with Crippen LogP contribution in [0.5, 0.6) is 0 Å². The van der Waals surface area contributed by atoms with Crippen molar-refractivity contribution in [2.45, 2.75) is 32.6 Å². The summed E-state index contributed by atoms with van der Waals surface area (Å²) >= 11 is 0. The average molecular weight is 345 g/mol. The summed E-state index contributed by atoms with van der Waals surface area (Å²) in [6, 6.07) is 0. The highest BCUT2D eigenvalue weighted by atomic mass is 16.4. The van der Waals surface area contributed by atoms with Gasteiger partial charge in [-0.25, -0.2) is 9.97 Å². The van der Waals surface area contributed by atoms with Gasteiger partial charge in [-0.3, -0.25) is 4.79 Å². The number of rotatable bonds is 4. The molecule has 1 atom stereocenters.